The fourth-order valence-electron chi connectivity index (χ4n) is 2.31. The fourth-order valence-corrected chi connectivity index (χ4v) is 2.31. The number of esters is 1. The summed E-state index contributed by atoms with van der Waals surface area (Å²) in [5, 5.41) is 2.16. The average molecular weight is 256 g/mol. The van der Waals surface area contributed by atoms with Crippen molar-refractivity contribution in [3.63, 3.8) is 0 Å². The van der Waals surface area contributed by atoms with Crippen LogP contribution in [0.4, 0.5) is 0 Å². The van der Waals surface area contributed by atoms with Crippen LogP contribution in [-0.2, 0) is 9.47 Å². The van der Waals surface area contributed by atoms with E-state index in [1.54, 1.807) is 6.07 Å². The average Bonchev–Trinajstić information content (AvgIpc) is 2.48. The number of fused-ring (bicyclic) bond motifs is 1. The molecule has 1 unspecified atom stereocenters. The smallest absolute Gasteiger partial charge is 0.340 e. The molecule has 1 aliphatic heterocycles. The van der Waals surface area contributed by atoms with Gasteiger partial charge in [-0.1, -0.05) is 30.3 Å². The van der Waals surface area contributed by atoms with Crippen LogP contribution in [0.2, 0.25) is 0 Å². The lowest BCUT2D eigenvalue weighted by atomic mass is 10.1. The Labute approximate surface area is 112 Å². The van der Waals surface area contributed by atoms with Gasteiger partial charge in [0.15, 0.2) is 0 Å². The van der Waals surface area contributed by atoms with Gasteiger partial charge < -0.3 is 9.47 Å². The second-order valence-electron chi connectivity index (χ2n) is 4.76. The van der Waals surface area contributed by atoms with Crippen LogP contribution in [0.15, 0.2) is 42.5 Å². The SMILES string of the molecule is O=C(OC1CCCCO1)c1ccc2ccccc2c1. The number of hydrogen-bond acceptors (Lipinski definition) is 3. The summed E-state index contributed by atoms with van der Waals surface area (Å²) in [6.07, 6.45) is 2.51. The maximum absolute atomic E-state index is 12.1. The molecule has 0 bridgehead atoms. The fraction of sp³-hybridized carbons (Fsp3) is 0.312. The summed E-state index contributed by atoms with van der Waals surface area (Å²) in [6, 6.07) is 13.6. The molecule has 0 amide bonds. The normalized spacial score (nSPS) is 19.3. The molecule has 3 heteroatoms. The molecule has 0 spiro atoms. The standard InChI is InChI=1S/C16H16O3/c17-16(19-15-7-3-4-10-18-15)14-9-8-12-5-1-2-6-13(12)11-14/h1-2,5-6,8-9,11,15H,3-4,7,10H2. The number of ether oxygens (including phenoxy) is 2. The lowest BCUT2D eigenvalue weighted by Gasteiger charge is -2.22. The largest absolute Gasteiger partial charge is 0.432 e. The monoisotopic (exact) mass is 256 g/mol. The number of carbonyl (C=O) groups is 1. The molecule has 0 aromatic heterocycles. The van der Waals surface area contributed by atoms with Crippen molar-refractivity contribution in [1.82, 2.24) is 0 Å². The Morgan fingerprint density at radius 2 is 1.95 bits per heavy atom. The van der Waals surface area contributed by atoms with E-state index in [1.165, 1.54) is 0 Å². The molecule has 0 saturated carbocycles. The topological polar surface area (TPSA) is 35.5 Å². The van der Waals surface area contributed by atoms with E-state index < -0.39 is 0 Å². The van der Waals surface area contributed by atoms with Crippen molar-refractivity contribution in [3.05, 3.63) is 48.0 Å². The zero-order chi connectivity index (χ0) is 13.1. The van der Waals surface area contributed by atoms with Gasteiger partial charge in [0.05, 0.1) is 12.2 Å². The molecule has 0 N–H and O–H groups in total. The Morgan fingerprint density at radius 3 is 2.74 bits per heavy atom. The number of rotatable bonds is 2. The highest BCUT2D eigenvalue weighted by Crippen LogP contribution is 2.19. The minimum atomic E-state index is -0.382. The van der Waals surface area contributed by atoms with Crippen LogP contribution in [0.25, 0.3) is 10.8 Å². The van der Waals surface area contributed by atoms with Crippen molar-refractivity contribution >= 4 is 16.7 Å². The summed E-state index contributed by atoms with van der Waals surface area (Å²) in [5.41, 5.74) is 0.577. The van der Waals surface area contributed by atoms with E-state index in [0.29, 0.717) is 12.2 Å². The lowest BCUT2D eigenvalue weighted by molar-refractivity contribution is -0.130. The Balaban J connectivity index is 1.77. The molecule has 0 aliphatic carbocycles. The summed E-state index contributed by atoms with van der Waals surface area (Å²) >= 11 is 0. The van der Waals surface area contributed by atoms with Gasteiger partial charge in [0.1, 0.15) is 0 Å². The molecule has 2 aromatic carbocycles. The second kappa shape index (κ2) is 5.41. The van der Waals surface area contributed by atoms with Gasteiger partial charge >= 0.3 is 5.97 Å². The summed E-state index contributed by atoms with van der Waals surface area (Å²) in [5.74, 6) is -0.308. The minimum absolute atomic E-state index is 0.308. The molecule has 3 rings (SSSR count). The predicted octanol–water partition coefficient (Wildman–Crippen LogP) is 3.52. The molecule has 2 aromatic rings. The summed E-state index contributed by atoms with van der Waals surface area (Å²) in [4.78, 5) is 12.1. The van der Waals surface area contributed by atoms with E-state index >= 15 is 0 Å². The van der Waals surface area contributed by atoms with Crippen LogP contribution in [0.5, 0.6) is 0 Å². The summed E-state index contributed by atoms with van der Waals surface area (Å²) < 4.78 is 10.8. The number of hydrogen-bond donors (Lipinski definition) is 0. The van der Waals surface area contributed by atoms with E-state index in [0.717, 1.165) is 30.0 Å². The first-order valence-corrected chi connectivity index (χ1v) is 6.64. The second-order valence-corrected chi connectivity index (χ2v) is 4.76. The van der Waals surface area contributed by atoms with Gasteiger partial charge in [0.2, 0.25) is 6.29 Å². The molecule has 1 saturated heterocycles. The van der Waals surface area contributed by atoms with Crippen molar-refractivity contribution in [2.24, 2.45) is 0 Å². The zero-order valence-electron chi connectivity index (χ0n) is 10.7. The zero-order valence-corrected chi connectivity index (χ0v) is 10.7. The van der Waals surface area contributed by atoms with Crippen LogP contribution in [0.1, 0.15) is 29.6 Å². The van der Waals surface area contributed by atoms with Crippen LogP contribution >= 0.6 is 0 Å². The van der Waals surface area contributed by atoms with Gasteiger partial charge in [0.25, 0.3) is 0 Å². The van der Waals surface area contributed by atoms with Crippen LogP contribution in [0.3, 0.4) is 0 Å². The van der Waals surface area contributed by atoms with Gasteiger partial charge in [-0.15, -0.1) is 0 Å². The van der Waals surface area contributed by atoms with Crippen LogP contribution in [-0.4, -0.2) is 18.9 Å². The first-order valence-electron chi connectivity index (χ1n) is 6.64. The number of benzene rings is 2. The first-order chi connectivity index (χ1) is 9.33. The molecular formula is C16H16O3. The van der Waals surface area contributed by atoms with E-state index in [2.05, 4.69) is 0 Å². The van der Waals surface area contributed by atoms with E-state index in [-0.39, 0.29) is 12.3 Å². The maximum Gasteiger partial charge on any atom is 0.340 e. The first kappa shape index (κ1) is 12.2. The van der Waals surface area contributed by atoms with Gasteiger partial charge in [0, 0.05) is 6.42 Å². The molecule has 1 heterocycles. The highest BCUT2D eigenvalue weighted by atomic mass is 16.7. The van der Waals surface area contributed by atoms with Gasteiger partial charge in [-0.05, 0) is 35.7 Å². The van der Waals surface area contributed by atoms with E-state index in [4.69, 9.17) is 9.47 Å². The van der Waals surface area contributed by atoms with Crippen molar-refractivity contribution in [1.29, 1.82) is 0 Å². The molecule has 3 nitrogen and oxygen atoms in total. The molecule has 1 atom stereocenters. The third-order valence-corrected chi connectivity index (χ3v) is 3.36. The highest BCUT2D eigenvalue weighted by molar-refractivity contribution is 5.95. The Bertz CT molecular complexity index is 585. The summed E-state index contributed by atoms with van der Waals surface area (Å²) in [6.45, 7) is 0.676. The molecule has 1 fully saturated rings. The van der Waals surface area contributed by atoms with E-state index in [1.807, 2.05) is 36.4 Å². The number of carbonyl (C=O) groups excluding carboxylic acids is 1. The third-order valence-electron chi connectivity index (χ3n) is 3.36. The quantitative estimate of drug-likeness (QED) is 0.771. The van der Waals surface area contributed by atoms with Gasteiger partial charge in [-0.2, -0.15) is 0 Å². The predicted molar refractivity (Wildman–Crippen MR) is 73.0 cm³/mol. The van der Waals surface area contributed by atoms with Gasteiger partial charge in [-0.25, -0.2) is 4.79 Å². The Hall–Kier alpha value is -1.87. The van der Waals surface area contributed by atoms with Crippen LogP contribution < -0.4 is 0 Å². The molecule has 19 heavy (non-hydrogen) atoms. The summed E-state index contributed by atoms with van der Waals surface area (Å²) in [7, 11) is 0. The third kappa shape index (κ3) is 2.76. The van der Waals surface area contributed by atoms with Crippen LogP contribution in [0, 0.1) is 0 Å². The maximum atomic E-state index is 12.1. The minimum Gasteiger partial charge on any atom is -0.432 e. The van der Waals surface area contributed by atoms with Crippen molar-refractivity contribution in [2.75, 3.05) is 6.61 Å². The highest BCUT2D eigenvalue weighted by Gasteiger charge is 2.19. The lowest BCUT2D eigenvalue weighted by Crippen LogP contribution is -2.25. The van der Waals surface area contributed by atoms with Gasteiger partial charge in [-0.3, -0.25) is 0 Å². The molecule has 1 aliphatic rings. The van der Waals surface area contributed by atoms with E-state index in [9.17, 15) is 4.79 Å². The van der Waals surface area contributed by atoms with Crippen molar-refractivity contribution < 1.29 is 14.3 Å². The molecule has 98 valence electrons. The molecule has 0 radical (unpaired) electrons. The Morgan fingerprint density at radius 1 is 1.11 bits per heavy atom. The van der Waals surface area contributed by atoms with Crippen molar-refractivity contribution in [3.8, 4) is 0 Å². The Kier molecular flexibility index (Phi) is 3.47. The van der Waals surface area contributed by atoms with Crippen molar-refractivity contribution in [2.45, 2.75) is 25.6 Å². The molecular weight excluding hydrogens is 240 g/mol.